The molecule has 3 aliphatic heterocycles. The van der Waals surface area contributed by atoms with Crippen molar-refractivity contribution < 1.29 is 19.1 Å². The topological polar surface area (TPSA) is 100 Å². The number of azo groups is 1. The standard InChI is InChI=1S/C21H23ClN4O4/c22-14-9-26(18-16(27)10-30-19(14)18)21(29)17(11-3-1-2-4-11)24-20(28)12-5-6-15-13(7-12)8-23-25-15/h5-7,11,14,17-19H,1-4,8-10H2,(H,24,28)/t14-,17-,18+,19+/m0/s1. The van der Waals surface area contributed by atoms with Crippen molar-refractivity contribution in [3.05, 3.63) is 29.3 Å². The minimum absolute atomic E-state index is 0.0198. The lowest BCUT2D eigenvalue weighted by Gasteiger charge is -2.30. The number of amides is 2. The van der Waals surface area contributed by atoms with Gasteiger partial charge in [-0.05, 0) is 37.0 Å². The van der Waals surface area contributed by atoms with Crippen molar-refractivity contribution in [2.75, 3.05) is 13.2 Å². The van der Waals surface area contributed by atoms with Gasteiger partial charge in [-0.2, -0.15) is 10.2 Å². The van der Waals surface area contributed by atoms with E-state index in [1.165, 1.54) is 4.90 Å². The zero-order valence-electron chi connectivity index (χ0n) is 16.4. The maximum absolute atomic E-state index is 13.5. The molecule has 0 aromatic heterocycles. The van der Waals surface area contributed by atoms with Gasteiger partial charge in [0.05, 0.1) is 17.6 Å². The van der Waals surface area contributed by atoms with Gasteiger partial charge in [0.1, 0.15) is 24.8 Å². The molecule has 0 spiro atoms. The van der Waals surface area contributed by atoms with Crippen LogP contribution < -0.4 is 5.32 Å². The Morgan fingerprint density at radius 2 is 2.07 bits per heavy atom. The number of carbonyl (C=O) groups is 3. The van der Waals surface area contributed by atoms with Crippen LogP contribution in [0.3, 0.4) is 0 Å². The summed E-state index contributed by atoms with van der Waals surface area (Å²) in [6.45, 7) is 0.688. The van der Waals surface area contributed by atoms with E-state index < -0.39 is 23.6 Å². The molecule has 1 N–H and O–H groups in total. The Bertz CT molecular complexity index is 930. The number of carbonyl (C=O) groups excluding carboxylic acids is 3. The number of likely N-dealkylation sites (tertiary alicyclic amines) is 1. The van der Waals surface area contributed by atoms with Gasteiger partial charge in [0.15, 0.2) is 5.78 Å². The lowest BCUT2D eigenvalue weighted by atomic mass is 9.95. The molecule has 1 aromatic rings. The minimum atomic E-state index is -0.682. The molecule has 3 heterocycles. The highest BCUT2D eigenvalue weighted by molar-refractivity contribution is 6.22. The van der Waals surface area contributed by atoms with E-state index in [-0.39, 0.29) is 36.7 Å². The number of nitrogens with zero attached hydrogens (tertiary/aromatic N) is 3. The molecule has 1 saturated carbocycles. The largest absolute Gasteiger partial charge is 0.366 e. The molecule has 0 unspecified atom stereocenters. The maximum Gasteiger partial charge on any atom is 0.251 e. The monoisotopic (exact) mass is 430 g/mol. The molecule has 8 nitrogen and oxygen atoms in total. The van der Waals surface area contributed by atoms with E-state index >= 15 is 0 Å². The van der Waals surface area contributed by atoms with E-state index in [2.05, 4.69) is 15.5 Å². The summed E-state index contributed by atoms with van der Waals surface area (Å²) in [5.74, 6) is -0.620. The summed E-state index contributed by atoms with van der Waals surface area (Å²) >= 11 is 6.36. The van der Waals surface area contributed by atoms with Crippen LogP contribution in [0, 0.1) is 5.92 Å². The molecule has 1 aliphatic carbocycles. The first-order valence-electron chi connectivity index (χ1n) is 10.4. The lowest BCUT2D eigenvalue weighted by molar-refractivity contribution is -0.139. The van der Waals surface area contributed by atoms with Gasteiger partial charge in [0.25, 0.3) is 5.91 Å². The first-order valence-corrected chi connectivity index (χ1v) is 10.9. The van der Waals surface area contributed by atoms with Gasteiger partial charge >= 0.3 is 0 Å². The van der Waals surface area contributed by atoms with Crippen LogP contribution in [0.1, 0.15) is 41.6 Å². The van der Waals surface area contributed by atoms with E-state index in [4.69, 9.17) is 16.3 Å². The molecule has 0 radical (unpaired) electrons. The molecule has 4 atom stereocenters. The van der Waals surface area contributed by atoms with Crippen LogP contribution in [0.4, 0.5) is 5.69 Å². The predicted molar refractivity (Wildman–Crippen MR) is 108 cm³/mol. The van der Waals surface area contributed by atoms with Gasteiger partial charge in [-0.1, -0.05) is 12.8 Å². The number of alkyl halides is 1. The van der Waals surface area contributed by atoms with Crippen LogP contribution in [0.2, 0.25) is 0 Å². The number of hydrogen-bond acceptors (Lipinski definition) is 6. The van der Waals surface area contributed by atoms with Crippen LogP contribution in [-0.2, 0) is 20.9 Å². The van der Waals surface area contributed by atoms with E-state index in [9.17, 15) is 14.4 Å². The number of rotatable bonds is 4. The van der Waals surface area contributed by atoms with Crippen molar-refractivity contribution in [1.29, 1.82) is 0 Å². The summed E-state index contributed by atoms with van der Waals surface area (Å²) in [5.41, 5.74) is 2.14. The Balaban J connectivity index is 1.38. The van der Waals surface area contributed by atoms with Crippen molar-refractivity contribution in [3.63, 3.8) is 0 Å². The number of ketones is 1. The fourth-order valence-electron chi connectivity index (χ4n) is 5.04. The first kappa shape index (κ1) is 19.6. The molecular formula is C21H23ClN4O4. The van der Waals surface area contributed by atoms with Crippen LogP contribution in [-0.4, -0.2) is 59.2 Å². The highest BCUT2D eigenvalue weighted by Crippen LogP contribution is 2.34. The molecule has 4 aliphatic rings. The normalized spacial score (nSPS) is 28.6. The van der Waals surface area contributed by atoms with Crippen molar-refractivity contribution >= 4 is 34.9 Å². The van der Waals surface area contributed by atoms with Gasteiger partial charge in [0.2, 0.25) is 5.91 Å². The number of benzene rings is 1. The van der Waals surface area contributed by atoms with Crippen molar-refractivity contribution in [1.82, 2.24) is 10.2 Å². The van der Waals surface area contributed by atoms with E-state index in [0.29, 0.717) is 12.1 Å². The molecule has 158 valence electrons. The highest BCUT2D eigenvalue weighted by atomic mass is 35.5. The second-order valence-corrected chi connectivity index (χ2v) is 8.99. The number of Topliss-reactive ketones (excluding diaryl/α,β-unsaturated/α-hetero) is 1. The average molecular weight is 431 g/mol. The second-order valence-electron chi connectivity index (χ2n) is 8.43. The van der Waals surface area contributed by atoms with Crippen LogP contribution in [0.25, 0.3) is 0 Å². The Kier molecular flexibility index (Phi) is 5.06. The number of halogens is 1. The first-order chi connectivity index (χ1) is 14.5. The van der Waals surface area contributed by atoms with E-state index in [1.807, 2.05) is 0 Å². The molecular weight excluding hydrogens is 408 g/mol. The van der Waals surface area contributed by atoms with Crippen LogP contribution in [0.5, 0.6) is 0 Å². The fourth-order valence-corrected chi connectivity index (χ4v) is 5.40. The van der Waals surface area contributed by atoms with E-state index in [1.54, 1.807) is 18.2 Å². The van der Waals surface area contributed by atoms with Gasteiger partial charge in [-0.3, -0.25) is 14.4 Å². The highest BCUT2D eigenvalue weighted by Gasteiger charge is 2.53. The van der Waals surface area contributed by atoms with Gasteiger partial charge in [-0.25, -0.2) is 0 Å². The van der Waals surface area contributed by atoms with Crippen LogP contribution >= 0.6 is 11.6 Å². The fraction of sp³-hybridized carbons (Fsp3) is 0.571. The maximum atomic E-state index is 13.5. The third-order valence-corrected chi connectivity index (χ3v) is 6.98. The summed E-state index contributed by atoms with van der Waals surface area (Å²) in [7, 11) is 0. The summed E-state index contributed by atoms with van der Waals surface area (Å²) < 4.78 is 5.50. The summed E-state index contributed by atoms with van der Waals surface area (Å²) in [4.78, 5) is 40.4. The van der Waals surface area contributed by atoms with Gasteiger partial charge in [-0.15, -0.1) is 11.6 Å². The molecule has 2 amide bonds. The number of nitrogens with one attached hydrogen (secondary N) is 1. The van der Waals surface area contributed by atoms with Gasteiger partial charge in [0, 0.05) is 17.7 Å². The molecule has 9 heteroatoms. The zero-order chi connectivity index (χ0) is 20.8. The molecule has 5 rings (SSSR count). The average Bonchev–Trinajstić information content (AvgIpc) is 3.52. The Labute approximate surface area is 179 Å². The SMILES string of the molecule is O=C(N[C@H](C(=O)N1C[C@H](Cl)[C@H]2OCC(=O)[C@H]21)C1CCCC1)c1ccc2c(c1)CN=N2. The lowest BCUT2D eigenvalue weighted by Crippen LogP contribution is -2.54. The third kappa shape index (κ3) is 3.32. The molecule has 0 bridgehead atoms. The van der Waals surface area contributed by atoms with Crippen molar-refractivity contribution in [3.8, 4) is 0 Å². The Hall–Kier alpha value is -2.32. The van der Waals surface area contributed by atoms with Crippen molar-refractivity contribution in [2.24, 2.45) is 16.1 Å². The third-order valence-electron chi connectivity index (χ3n) is 6.59. The van der Waals surface area contributed by atoms with E-state index in [0.717, 1.165) is 36.9 Å². The van der Waals surface area contributed by atoms with Crippen LogP contribution in [0.15, 0.2) is 28.4 Å². The summed E-state index contributed by atoms with van der Waals surface area (Å²) in [6.07, 6.45) is 3.33. The number of ether oxygens (including phenoxy) is 1. The number of hydrogen-bond donors (Lipinski definition) is 1. The number of fused-ring (bicyclic) bond motifs is 2. The van der Waals surface area contributed by atoms with Gasteiger partial charge < -0.3 is 15.0 Å². The van der Waals surface area contributed by atoms with Crippen molar-refractivity contribution in [2.45, 2.75) is 55.8 Å². The molecule has 3 fully saturated rings. The second kappa shape index (κ2) is 7.74. The Morgan fingerprint density at radius 3 is 2.87 bits per heavy atom. The predicted octanol–water partition coefficient (Wildman–Crippen LogP) is 2.36. The minimum Gasteiger partial charge on any atom is -0.366 e. The summed E-state index contributed by atoms with van der Waals surface area (Å²) in [6, 6.07) is 3.91. The summed E-state index contributed by atoms with van der Waals surface area (Å²) in [5, 5.41) is 10.5. The smallest absolute Gasteiger partial charge is 0.251 e. The quantitative estimate of drug-likeness (QED) is 0.741. The Morgan fingerprint density at radius 1 is 1.27 bits per heavy atom. The molecule has 30 heavy (non-hydrogen) atoms. The molecule has 1 aromatic carbocycles. The molecule has 2 saturated heterocycles. The zero-order valence-corrected chi connectivity index (χ0v) is 17.2.